The highest BCUT2D eigenvalue weighted by Gasteiger charge is 2.44. The number of likely N-dealkylation sites (tertiary alicyclic amines) is 1. The van der Waals surface area contributed by atoms with Crippen LogP contribution in [0.15, 0.2) is 29.8 Å². The van der Waals surface area contributed by atoms with Gasteiger partial charge < -0.3 is 9.47 Å². The Kier molecular flexibility index (Phi) is 4.89. The Morgan fingerprint density at radius 3 is 3.12 bits per heavy atom. The summed E-state index contributed by atoms with van der Waals surface area (Å²) >= 11 is 1.67. The minimum absolute atomic E-state index is 0.112. The van der Waals surface area contributed by atoms with Crippen LogP contribution in [0.5, 0.6) is 0 Å². The van der Waals surface area contributed by atoms with Crippen molar-refractivity contribution in [3.05, 3.63) is 46.2 Å². The molecule has 3 atom stereocenters. The largest absolute Gasteiger partial charge is 0.374 e. The molecule has 2 aliphatic heterocycles. The third kappa shape index (κ3) is 3.52. The van der Waals surface area contributed by atoms with Gasteiger partial charge in [0.2, 0.25) is 0 Å². The number of thiazole rings is 1. The molecule has 2 aliphatic rings. The molecule has 2 fully saturated rings. The maximum Gasteiger partial charge on any atom is 0.100 e. The second-order valence-corrected chi connectivity index (χ2v) is 7.57. The number of nitrogens with zero attached hydrogens (tertiary/aromatic N) is 3. The number of pyridine rings is 1. The second kappa shape index (κ2) is 7.27. The molecule has 0 bridgehead atoms. The van der Waals surface area contributed by atoms with Crippen molar-refractivity contribution in [2.45, 2.75) is 51.2 Å². The van der Waals surface area contributed by atoms with E-state index < -0.39 is 0 Å². The fraction of sp³-hybridized carbons (Fsp3) is 0.556. The van der Waals surface area contributed by atoms with E-state index in [1.807, 2.05) is 25.3 Å². The van der Waals surface area contributed by atoms with Gasteiger partial charge in [-0.3, -0.25) is 9.88 Å². The zero-order chi connectivity index (χ0) is 16.4. The van der Waals surface area contributed by atoms with Crippen LogP contribution < -0.4 is 0 Å². The van der Waals surface area contributed by atoms with Crippen LogP contribution in [-0.4, -0.2) is 46.3 Å². The average molecular weight is 345 g/mol. The lowest BCUT2D eigenvalue weighted by Crippen LogP contribution is -2.41. The first kappa shape index (κ1) is 16.1. The number of aryl methyl sites for hydroxylation is 1. The normalized spacial score (nSPS) is 27.3. The quantitative estimate of drug-likeness (QED) is 0.834. The fourth-order valence-corrected chi connectivity index (χ4v) is 4.30. The summed E-state index contributed by atoms with van der Waals surface area (Å²) in [6.45, 7) is 5.20. The van der Waals surface area contributed by atoms with Gasteiger partial charge in [-0.25, -0.2) is 4.98 Å². The van der Waals surface area contributed by atoms with E-state index in [-0.39, 0.29) is 12.2 Å². The molecule has 0 N–H and O–H groups in total. The van der Waals surface area contributed by atoms with Crippen LogP contribution >= 0.6 is 11.3 Å². The maximum absolute atomic E-state index is 6.20. The predicted molar refractivity (Wildman–Crippen MR) is 92.8 cm³/mol. The topological polar surface area (TPSA) is 47.5 Å². The summed E-state index contributed by atoms with van der Waals surface area (Å²) in [5.41, 5.74) is 2.13. The minimum Gasteiger partial charge on any atom is -0.374 e. The van der Waals surface area contributed by atoms with Crippen LogP contribution in [0.1, 0.15) is 29.2 Å². The minimum atomic E-state index is 0.112. The van der Waals surface area contributed by atoms with Crippen molar-refractivity contribution in [2.75, 3.05) is 13.2 Å². The van der Waals surface area contributed by atoms with Crippen molar-refractivity contribution in [3.63, 3.8) is 0 Å². The van der Waals surface area contributed by atoms with Gasteiger partial charge in [-0.15, -0.1) is 11.3 Å². The molecule has 0 spiro atoms. The second-order valence-electron chi connectivity index (χ2n) is 6.50. The molecule has 0 aromatic carbocycles. The number of aromatic nitrogens is 2. The molecule has 0 aliphatic carbocycles. The van der Waals surface area contributed by atoms with E-state index in [4.69, 9.17) is 9.47 Å². The summed E-state index contributed by atoms with van der Waals surface area (Å²) in [5, 5.41) is 3.17. The lowest BCUT2D eigenvalue weighted by Gasteiger charge is -2.32. The maximum atomic E-state index is 6.20. The highest BCUT2D eigenvalue weighted by molar-refractivity contribution is 7.09. The Bertz CT molecular complexity index is 663. The van der Waals surface area contributed by atoms with Gasteiger partial charge in [0, 0.05) is 37.3 Å². The van der Waals surface area contributed by atoms with Gasteiger partial charge in [-0.2, -0.15) is 0 Å². The Morgan fingerprint density at radius 1 is 1.38 bits per heavy atom. The summed E-state index contributed by atoms with van der Waals surface area (Å²) < 4.78 is 12.3. The lowest BCUT2D eigenvalue weighted by atomic mass is 10.0. The van der Waals surface area contributed by atoms with Crippen molar-refractivity contribution in [1.82, 2.24) is 14.9 Å². The molecule has 0 unspecified atom stereocenters. The van der Waals surface area contributed by atoms with Crippen LogP contribution in [0, 0.1) is 6.92 Å². The number of ether oxygens (including phenoxy) is 2. The van der Waals surface area contributed by atoms with Crippen LogP contribution in [0.25, 0.3) is 0 Å². The van der Waals surface area contributed by atoms with E-state index in [2.05, 4.69) is 26.3 Å². The monoisotopic (exact) mass is 345 g/mol. The molecule has 128 valence electrons. The first-order valence-electron chi connectivity index (χ1n) is 8.58. The Morgan fingerprint density at radius 2 is 2.33 bits per heavy atom. The van der Waals surface area contributed by atoms with Crippen molar-refractivity contribution < 1.29 is 9.47 Å². The summed E-state index contributed by atoms with van der Waals surface area (Å²) in [7, 11) is 0. The SMILES string of the molecule is Cc1nc(CO[C@@H]2CN(Cc3ccccn3)[C@@H]3CCCO[C@@H]32)cs1. The molecule has 4 heterocycles. The van der Waals surface area contributed by atoms with Crippen molar-refractivity contribution in [2.24, 2.45) is 0 Å². The van der Waals surface area contributed by atoms with Crippen molar-refractivity contribution >= 4 is 11.3 Å². The molecule has 0 radical (unpaired) electrons. The van der Waals surface area contributed by atoms with E-state index in [1.54, 1.807) is 11.3 Å². The lowest BCUT2D eigenvalue weighted by molar-refractivity contribution is -0.0823. The highest BCUT2D eigenvalue weighted by atomic mass is 32.1. The van der Waals surface area contributed by atoms with Gasteiger partial charge in [0.25, 0.3) is 0 Å². The third-order valence-corrected chi connectivity index (χ3v) is 5.61. The molecule has 2 aromatic rings. The van der Waals surface area contributed by atoms with E-state index in [9.17, 15) is 0 Å². The summed E-state index contributed by atoms with van der Waals surface area (Å²) in [4.78, 5) is 11.4. The average Bonchev–Trinajstić information content (AvgIpc) is 3.18. The van der Waals surface area contributed by atoms with Gasteiger partial charge in [-0.1, -0.05) is 6.07 Å². The van der Waals surface area contributed by atoms with Crippen LogP contribution in [-0.2, 0) is 22.6 Å². The Hall–Kier alpha value is -1.34. The third-order valence-electron chi connectivity index (χ3n) is 4.79. The van der Waals surface area contributed by atoms with Gasteiger partial charge in [0.15, 0.2) is 0 Å². The highest BCUT2D eigenvalue weighted by Crippen LogP contribution is 2.32. The predicted octanol–water partition coefficient (Wildman–Crippen LogP) is 2.80. The molecule has 0 saturated carbocycles. The van der Waals surface area contributed by atoms with E-state index in [0.717, 1.165) is 42.5 Å². The summed E-state index contributed by atoms with van der Waals surface area (Å²) in [6, 6.07) is 6.53. The van der Waals surface area contributed by atoms with Gasteiger partial charge in [-0.05, 0) is 31.9 Å². The molecule has 2 aromatic heterocycles. The standard InChI is InChI=1S/C18H23N3O2S/c1-13-20-15(12-24-13)11-23-17-10-21(9-14-5-2-3-7-19-14)16-6-4-8-22-18(16)17/h2-3,5,7,12,16-18H,4,6,8-11H2,1H3/t16-,17-,18+/m1/s1. The Balaban J connectivity index is 1.42. The molecule has 6 heteroatoms. The Labute approximate surface area is 146 Å². The van der Waals surface area contributed by atoms with E-state index >= 15 is 0 Å². The zero-order valence-corrected chi connectivity index (χ0v) is 14.7. The molecule has 2 saturated heterocycles. The molecule has 5 nitrogen and oxygen atoms in total. The number of rotatable bonds is 5. The van der Waals surface area contributed by atoms with E-state index in [1.165, 1.54) is 6.42 Å². The zero-order valence-electron chi connectivity index (χ0n) is 13.9. The molecule has 4 rings (SSSR count). The first-order chi connectivity index (χ1) is 11.8. The van der Waals surface area contributed by atoms with Gasteiger partial charge in [0.05, 0.1) is 29.1 Å². The number of hydrogen-bond acceptors (Lipinski definition) is 6. The molecule has 0 amide bonds. The van der Waals surface area contributed by atoms with Crippen LogP contribution in [0.2, 0.25) is 0 Å². The smallest absolute Gasteiger partial charge is 0.100 e. The summed E-state index contributed by atoms with van der Waals surface area (Å²) in [5.74, 6) is 0. The van der Waals surface area contributed by atoms with Gasteiger partial charge in [0.1, 0.15) is 6.10 Å². The van der Waals surface area contributed by atoms with Crippen molar-refractivity contribution in [1.29, 1.82) is 0 Å². The van der Waals surface area contributed by atoms with Crippen molar-refractivity contribution in [3.8, 4) is 0 Å². The number of fused-ring (bicyclic) bond motifs is 1. The molecule has 24 heavy (non-hydrogen) atoms. The van der Waals surface area contributed by atoms with Gasteiger partial charge >= 0.3 is 0 Å². The summed E-state index contributed by atoms with van der Waals surface area (Å²) in [6.07, 6.45) is 4.44. The van der Waals surface area contributed by atoms with Crippen LogP contribution in [0.4, 0.5) is 0 Å². The molecular formula is C18H23N3O2S. The molecular weight excluding hydrogens is 322 g/mol. The number of hydrogen-bond donors (Lipinski definition) is 0. The van der Waals surface area contributed by atoms with Crippen LogP contribution in [0.3, 0.4) is 0 Å². The first-order valence-corrected chi connectivity index (χ1v) is 9.46. The van der Waals surface area contributed by atoms with E-state index in [0.29, 0.717) is 12.6 Å². The fourth-order valence-electron chi connectivity index (χ4n) is 3.70.